The van der Waals surface area contributed by atoms with Crippen LogP contribution >= 0.6 is 11.3 Å². The van der Waals surface area contributed by atoms with Gasteiger partial charge in [0.15, 0.2) is 5.78 Å². The first-order valence-corrected chi connectivity index (χ1v) is 5.67. The second-order valence-electron chi connectivity index (χ2n) is 3.47. The lowest BCUT2D eigenvalue weighted by atomic mass is 10.1. The maximum atomic E-state index is 11.1. The molecular formula is C10H13NO2S. The Bertz CT molecular complexity index is 329. The Labute approximate surface area is 87.1 Å². The van der Waals surface area contributed by atoms with Crippen LogP contribution in [0.4, 0.5) is 0 Å². The Balaban J connectivity index is 2.11. The number of ketones is 1. The van der Waals surface area contributed by atoms with E-state index in [0.29, 0.717) is 0 Å². The third kappa shape index (κ3) is 2.01. The first-order chi connectivity index (χ1) is 6.77. The predicted octanol–water partition coefficient (Wildman–Crippen LogP) is 2.59. The van der Waals surface area contributed by atoms with Gasteiger partial charge in [-0.2, -0.15) is 0 Å². The van der Waals surface area contributed by atoms with Crippen molar-refractivity contribution in [2.45, 2.75) is 32.3 Å². The molecule has 1 fully saturated rings. The van der Waals surface area contributed by atoms with Crippen molar-refractivity contribution in [3.05, 3.63) is 16.1 Å². The van der Waals surface area contributed by atoms with Gasteiger partial charge < -0.3 is 4.74 Å². The number of rotatable bonds is 2. The SMILES string of the molecule is CC(=O)c1cnc(C2CCCCO2)s1. The summed E-state index contributed by atoms with van der Waals surface area (Å²) in [5, 5.41) is 0.954. The van der Waals surface area contributed by atoms with Gasteiger partial charge in [-0.05, 0) is 19.3 Å². The highest BCUT2D eigenvalue weighted by atomic mass is 32.1. The highest BCUT2D eigenvalue weighted by Gasteiger charge is 2.19. The van der Waals surface area contributed by atoms with Gasteiger partial charge in [0, 0.05) is 19.7 Å². The molecule has 2 heterocycles. The number of Topliss-reactive ketones (excluding diaryl/α,β-unsaturated/α-hetero) is 1. The minimum Gasteiger partial charge on any atom is -0.371 e. The molecule has 1 unspecified atom stereocenters. The zero-order valence-corrected chi connectivity index (χ0v) is 8.97. The predicted molar refractivity (Wildman–Crippen MR) is 54.7 cm³/mol. The van der Waals surface area contributed by atoms with Crippen LogP contribution in [0.15, 0.2) is 6.20 Å². The lowest BCUT2D eigenvalue weighted by Gasteiger charge is -2.20. The molecule has 4 heteroatoms. The number of aromatic nitrogens is 1. The molecule has 1 aliphatic heterocycles. The van der Waals surface area contributed by atoms with Crippen LogP contribution in [0.3, 0.4) is 0 Å². The van der Waals surface area contributed by atoms with Crippen molar-refractivity contribution >= 4 is 17.1 Å². The van der Waals surface area contributed by atoms with Gasteiger partial charge in [-0.1, -0.05) is 0 Å². The zero-order valence-electron chi connectivity index (χ0n) is 8.16. The number of carbonyl (C=O) groups excluding carboxylic acids is 1. The molecule has 0 spiro atoms. The average molecular weight is 211 g/mol. The molecular weight excluding hydrogens is 198 g/mol. The van der Waals surface area contributed by atoms with Gasteiger partial charge in [0.05, 0.1) is 4.88 Å². The maximum absolute atomic E-state index is 11.1. The van der Waals surface area contributed by atoms with Gasteiger partial charge in [0.2, 0.25) is 0 Å². The molecule has 0 amide bonds. The summed E-state index contributed by atoms with van der Waals surface area (Å²) in [5.41, 5.74) is 0. The summed E-state index contributed by atoms with van der Waals surface area (Å²) < 4.78 is 5.59. The molecule has 0 bridgehead atoms. The summed E-state index contributed by atoms with van der Waals surface area (Å²) >= 11 is 1.46. The van der Waals surface area contributed by atoms with E-state index >= 15 is 0 Å². The van der Waals surface area contributed by atoms with E-state index in [1.165, 1.54) is 17.8 Å². The molecule has 0 radical (unpaired) electrons. The summed E-state index contributed by atoms with van der Waals surface area (Å²) in [5.74, 6) is 0.0876. The van der Waals surface area contributed by atoms with Crippen molar-refractivity contribution in [2.75, 3.05) is 6.61 Å². The van der Waals surface area contributed by atoms with Crippen molar-refractivity contribution in [2.24, 2.45) is 0 Å². The monoisotopic (exact) mass is 211 g/mol. The molecule has 2 rings (SSSR count). The van der Waals surface area contributed by atoms with E-state index in [1.54, 1.807) is 13.1 Å². The van der Waals surface area contributed by atoms with Gasteiger partial charge >= 0.3 is 0 Å². The smallest absolute Gasteiger partial charge is 0.171 e. The van der Waals surface area contributed by atoms with Gasteiger partial charge in [0.25, 0.3) is 0 Å². The largest absolute Gasteiger partial charge is 0.371 e. The van der Waals surface area contributed by atoms with Crippen LogP contribution in [0.2, 0.25) is 0 Å². The molecule has 76 valence electrons. The lowest BCUT2D eigenvalue weighted by Crippen LogP contribution is -2.10. The average Bonchev–Trinajstić information content (AvgIpc) is 2.68. The number of thiazole rings is 1. The van der Waals surface area contributed by atoms with E-state index < -0.39 is 0 Å². The standard InChI is InChI=1S/C10H13NO2S/c1-7(12)9-6-11-10(14-9)8-4-2-3-5-13-8/h6,8H,2-5H2,1H3. The van der Waals surface area contributed by atoms with Crippen LogP contribution < -0.4 is 0 Å². The fourth-order valence-corrected chi connectivity index (χ4v) is 2.43. The van der Waals surface area contributed by atoms with E-state index in [0.717, 1.165) is 29.3 Å². The Morgan fingerprint density at radius 1 is 1.64 bits per heavy atom. The van der Waals surface area contributed by atoms with Gasteiger partial charge in [-0.3, -0.25) is 4.79 Å². The van der Waals surface area contributed by atoms with Gasteiger partial charge in [-0.15, -0.1) is 11.3 Å². The molecule has 3 nitrogen and oxygen atoms in total. The number of hydrogen-bond donors (Lipinski definition) is 0. The van der Waals surface area contributed by atoms with Crippen LogP contribution in [0.5, 0.6) is 0 Å². The molecule has 1 saturated heterocycles. The van der Waals surface area contributed by atoms with Crippen molar-refractivity contribution < 1.29 is 9.53 Å². The van der Waals surface area contributed by atoms with Crippen LogP contribution in [0.25, 0.3) is 0 Å². The molecule has 1 aromatic rings. The van der Waals surface area contributed by atoms with Crippen molar-refractivity contribution in [3.8, 4) is 0 Å². The molecule has 14 heavy (non-hydrogen) atoms. The van der Waals surface area contributed by atoms with E-state index in [1.807, 2.05) is 0 Å². The third-order valence-electron chi connectivity index (χ3n) is 2.33. The van der Waals surface area contributed by atoms with E-state index in [2.05, 4.69) is 4.98 Å². The minimum absolute atomic E-state index is 0.0876. The van der Waals surface area contributed by atoms with Gasteiger partial charge in [0.1, 0.15) is 11.1 Å². The number of nitrogens with zero attached hydrogens (tertiary/aromatic N) is 1. The fraction of sp³-hybridized carbons (Fsp3) is 0.600. The number of carbonyl (C=O) groups is 1. The Morgan fingerprint density at radius 3 is 3.07 bits per heavy atom. The molecule has 0 aliphatic carbocycles. The Kier molecular flexibility index (Phi) is 2.93. The normalized spacial score (nSPS) is 22.2. The van der Waals surface area contributed by atoms with E-state index in [9.17, 15) is 4.79 Å². The van der Waals surface area contributed by atoms with Crippen LogP contribution in [0.1, 0.15) is 47.0 Å². The second kappa shape index (κ2) is 4.19. The van der Waals surface area contributed by atoms with E-state index in [-0.39, 0.29) is 11.9 Å². The second-order valence-corrected chi connectivity index (χ2v) is 4.54. The summed E-state index contributed by atoms with van der Waals surface area (Å²) in [4.78, 5) is 16.0. The molecule has 1 atom stereocenters. The van der Waals surface area contributed by atoms with Crippen molar-refractivity contribution in [1.29, 1.82) is 0 Å². The Morgan fingerprint density at radius 2 is 2.50 bits per heavy atom. The molecule has 1 aromatic heterocycles. The van der Waals surface area contributed by atoms with Crippen molar-refractivity contribution in [3.63, 3.8) is 0 Å². The fourth-order valence-electron chi connectivity index (χ4n) is 1.53. The molecule has 0 N–H and O–H groups in total. The van der Waals surface area contributed by atoms with Crippen LogP contribution in [-0.2, 0) is 4.74 Å². The van der Waals surface area contributed by atoms with Crippen LogP contribution in [0, 0.1) is 0 Å². The summed E-state index contributed by atoms with van der Waals surface area (Å²) in [6.45, 7) is 2.39. The third-order valence-corrected chi connectivity index (χ3v) is 3.52. The maximum Gasteiger partial charge on any atom is 0.171 e. The molecule has 0 saturated carbocycles. The quantitative estimate of drug-likeness (QED) is 0.706. The number of hydrogen-bond acceptors (Lipinski definition) is 4. The zero-order chi connectivity index (χ0) is 9.97. The first kappa shape index (κ1) is 9.80. The summed E-state index contributed by atoms with van der Waals surface area (Å²) in [7, 11) is 0. The summed E-state index contributed by atoms with van der Waals surface area (Å²) in [6, 6.07) is 0. The highest BCUT2D eigenvalue weighted by molar-refractivity contribution is 7.13. The van der Waals surface area contributed by atoms with Crippen molar-refractivity contribution in [1.82, 2.24) is 4.98 Å². The first-order valence-electron chi connectivity index (χ1n) is 4.85. The highest BCUT2D eigenvalue weighted by Crippen LogP contribution is 2.30. The van der Waals surface area contributed by atoms with Gasteiger partial charge in [-0.25, -0.2) is 4.98 Å². The molecule has 1 aliphatic rings. The van der Waals surface area contributed by atoms with E-state index in [4.69, 9.17) is 4.74 Å². The Hall–Kier alpha value is -0.740. The number of ether oxygens (including phenoxy) is 1. The van der Waals surface area contributed by atoms with Crippen LogP contribution in [-0.4, -0.2) is 17.4 Å². The topological polar surface area (TPSA) is 39.2 Å². The molecule has 0 aromatic carbocycles. The lowest BCUT2D eigenvalue weighted by molar-refractivity contribution is 0.0148. The minimum atomic E-state index is 0.0876. The summed E-state index contributed by atoms with van der Waals surface area (Å²) in [6.07, 6.45) is 5.15.